The van der Waals surface area contributed by atoms with Gasteiger partial charge in [0.15, 0.2) is 11.5 Å². The van der Waals surface area contributed by atoms with Crippen LogP contribution >= 0.6 is 0 Å². The van der Waals surface area contributed by atoms with Crippen molar-refractivity contribution in [2.45, 2.75) is 6.42 Å². The fourth-order valence-electron chi connectivity index (χ4n) is 3.31. The van der Waals surface area contributed by atoms with Crippen LogP contribution in [0.1, 0.15) is 15.9 Å². The van der Waals surface area contributed by atoms with Gasteiger partial charge in [-0.3, -0.25) is 9.59 Å². The summed E-state index contributed by atoms with van der Waals surface area (Å²) >= 11 is 0. The lowest BCUT2D eigenvalue weighted by Crippen LogP contribution is -2.50. The number of ether oxygens (including phenoxy) is 2. The smallest absolute Gasteiger partial charge is 0.255 e. The quantitative estimate of drug-likeness (QED) is 0.832. The van der Waals surface area contributed by atoms with Crippen LogP contribution in [0.4, 0.5) is 0 Å². The fraction of sp³-hybridized carbons (Fsp3) is 0.368. The van der Waals surface area contributed by atoms with E-state index in [9.17, 15) is 9.59 Å². The highest BCUT2D eigenvalue weighted by molar-refractivity contribution is 5.94. The molecule has 4 rings (SSSR count). The minimum Gasteiger partial charge on any atom is -0.454 e. The number of benzene rings is 1. The molecule has 136 valence electrons. The topological polar surface area (TPSA) is 64.0 Å². The summed E-state index contributed by atoms with van der Waals surface area (Å²) in [5.74, 6) is 1.49. The number of fused-ring (bicyclic) bond motifs is 1. The van der Waals surface area contributed by atoms with Gasteiger partial charge in [0, 0.05) is 45.6 Å². The first kappa shape index (κ1) is 16.5. The summed E-state index contributed by atoms with van der Waals surface area (Å²) in [6.07, 6.45) is 4.00. The summed E-state index contributed by atoms with van der Waals surface area (Å²) < 4.78 is 12.5. The van der Waals surface area contributed by atoms with Crippen LogP contribution < -0.4 is 9.47 Å². The molecule has 1 aromatic carbocycles. The molecule has 2 aliphatic heterocycles. The molecule has 1 aromatic heterocycles. The van der Waals surface area contributed by atoms with Crippen LogP contribution in [-0.4, -0.2) is 59.2 Å². The predicted octanol–water partition coefficient (Wildman–Crippen LogP) is 1.28. The minimum absolute atomic E-state index is 0.0217. The summed E-state index contributed by atoms with van der Waals surface area (Å²) in [6.45, 7) is 2.45. The average molecular weight is 355 g/mol. The Balaban J connectivity index is 1.33. The van der Waals surface area contributed by atoms with Crippen molar-refractivity contribution in [1.82, 2.24) is 14.4 Å². The number of aryl methyl sites for hydroxylation is 1. The third kappa shape index (κ3) is 3.24. The van der Waals surface area contributed by atoms with E-state index in [1.807, 2.05) is 53.2 Å². The summed E-state index contributed by atoms with van der Waals surface area (Å²) in [7, 11) is 1.89. The molecular formula is C19H21N3O4. The number of nitrogens with zero attached hydrogens (tertiary/aromatic N) is 3. The van der Waals surface area contributed by atoms with E-state index in [4.69, 9.17) is 9.47 Å². The van der Waals surface area contributed by atoms with Crippen LogP contribution in [0.25, 0.3) is 0 Å². The van der Waals surface area contributed by atoms with E-state index in [0.29, 0.717) is 49.7 Å². The van der Waals surface area contributed by atoms with E-state index in [0.717, 1.165) is 5.56 Å². The van der Waals surface area contributed by atoms with Crippen LogP contribution in [-0.2, 0) is 18.3 Å². The summed E-state index contributed by atoms with van der Waals surface area (Å²) in [5.41, 5.74) is 1.59. The Morgan fingerprint density at radius 2 is 1.73 bits per heavy atom. The van der Waals surface area contributed by atoms with E-state index in [2.05, 4.69) is 0 Å². The first-order valence-electron chi connectivity index (χ1n) is 8.68. The van der Waals surface area contributed by atoms with Gasteiger partial charge >= 0.3 is 0 Å². The van der Waals surface area contributed by atoms with E-state index in [-0.39, 0.29) is 18.6 Å². The van der Waals surface area contributed by atoms with E-state index in [1.54, 1.807) is 4.90 Å². The van der Waals surface area contributed by atoms with Gasteiger partial charge in [-0.1, -0.05) is 6.07 Å². The van der Waals surface area contributed by atoms with Crippen LogP contribution in [0.3, 0.4) is 0 Å². The molecule has 7 heteroatoms. The number of hydrogen-bond donors (Lipinski definition) is 0. The van der Waals surface area contributed by atoms with Crippen LogP contribution in [0, 0.1) is 0 Å². The van der Waals surface area contributed by atoms with Crippen molar-refractivity contribution in [3.05, 3.63) is 47.8 Å². The van der Waals surface area contributed by atoms with Gasteiger partial charge in [-0.25, -0.2) is 0 Å². The molecule has 3 heterocycles. The highest BCUT2D eigenvalue weighted by Crippen LogP contribution is 2.32. The maximum absolute atomic E-state index is 12.6. The maximum Gasteiger partial charge on any atom is 0.255 e. The fourth-order valence-corrected chi connectivity index (χ4v) is 3.31. The molecule has 0 unspecified atom stereocenters. The number of carbonyl (C=O) groups is 2. The van der Waals surface area contributed by atoms with E-state index in [1.165, 1.54) is 0 Å². The number of aromatic nitrogens is 1. The van der Waals surface area contributed by atoms with Crippen molar-refractivity contribution in [2.24, 2.45) is 7.05 Å². The second kappa shape index (κ2) is 6.74. The molecule has 0 aliphatic carbocycles. The van der Waals surface area contributed by atoms with Crippen molar-refractivity contribution >= 4 is 11.8 Å². The van der Waals surface area contributed by atoms with Gasteiger partial charge in [0.2, 0.25) is 12.7 Å². The molecule has 0 N–H and O–H groups in total. The van der Waals surface area contributed by atoms with Crippen LogP contribution in [0.5, 0.6) is 11.5 Å². The molecule has 0 spiro atoms. The van der Waals surface area contributed by atoms with Crippen molar-refractivity contribution in [3.8, 4) is 11.5 Å². The van der Waals surface area contributed by atoms with Crippen LogP contribution in [0.2, 0.25) is 0 Å². The zero-order chi connectivity index (χ0) is 18.1. The number of amides is 2. The molecule has 0 atom stereocenters. The second-order valence-corrected chi connectivity index (χ2v) is 6.60. The van der Waals surface area contributed by atoms with Gasteiger partial charge in [-0.05, 0) is 23.8 Å². The molecule has 7 nitrogen and oxygen atoms in total. The SMILES string of the molecule is Cn1ccc(C(=O)N2CCN(C(=O)Cc3ccc4c(c3)OCO4)CC2)c1. The maximum atomic E-state index is 12.6. The zero-order valence-electron chi connectivity index (χ0n) is 14.7. The highest BCUT2D eigenvalue weighted by atomic mass is 16.7. The predicted molar refractivity (Wildman–Crippen MR) is 94.2 cm³/mol. The summed E-state index contributed by atoms with van der Waals surface area (Å²) in [4.78, 5) is 28.7. The third-order valence-corrected chi connectivity index (χ3v) is 4.79. The first-order chi connectivity index (χ1) is 12.6. The van der Waals surface area contributed by atoms with Crippen LogP contribution in [0.15, 0.2) is 36.7 Å². The molecule has 1 saturated heterocycles. The molecule has 2 aliphatic rings. The Labute approximate surface area is 151 Å². The highest BCUT2D eigenvalue weighted by Gasteiger charge is 2.25. The van der Waals surface area contributed by atoms with Crippen molar-refractivity contribution in [1.29, 1.82) is 0 Å². The molecule has 2 amide bonds. The van der Waals surface area contributed by atoms with E-state index < -0.39 is 0 Å². The third-order valence-electron chi connectivity index (χ3n) is 4.79. The number of piperazine rings is 1. The number of rotatable bonds is 3. The Morgan fingerprint density at radius 3 is 2.46 bits per heavy atom. The van der Waals surface area contributed by atoms with Gasteiger partial charge in [-0.2, -0.15) is 0 Å². The Bertz CT molecular complexity index is 837. The Morgan fingerprint density at radius 1 is 1.00 bits per heavy atom. The summed E-state index contributed by atoms with van der Waals surface area (Å²) in [6, 6.07) is 7.40. The minimum atomic E-state index is 0.0217. The lowest BCUT2D eigenvalue weighted by molar-refractivity contribution is -0.131. The van der Waals surface area contributed by atoms with Gasteiger partial charge in [0.1, 0.15) is 0 Å². The Hall–Kier alpha value is -2.96. The van der Waals surface area contributed by atoms with Crippen molar-refractivity contribution in [3.63, 3.8) is 0 Å². The molecule has 0 saturated carbocycles. The van der Waals surface area contributed by atoms with Gasteiger partial charge in [0.05, 0.1) is 12.0 Å². The van der Waals surface area contributed by atoms with Gasteiger partial charge in [0.25, 0.3) is 5.91 Å². The normalized spacial score (nSPS) is 16.0. The first-order valence-corrected chi connectivity index (χ1v) is 8.68. The molecular weight excluding hydrogens is 334 g/mol. The zero-order valence-corrected chi connectivity index (χ0v) is 14.7. The molecule has 26 heavy (non-hydrogen) atoms. The molecule has 0 bridgehead atoms. The number of hydrogen-bond acceptors (Lipinski definition) is 4. The lowest BCUT2D eigenvalue weighted by Gasteiger charge is -2.34. The van der Waals surface area contributed by atoms with Gasteiger partial charge in [-0.15, -0.1) is 0 Å². The lowest BCUT2D eigenvalue weighted by atomic mass is 10.1. The standard InChI is InChI=1S/C19H21N3O4/c1-20-5-4-15(12-20)19(24)22-8-6-21(7-9-22)18(23)11-14-2-3-16-17(10-14)26-13-25-16/h2-5,10,12H,6-9,11,13H2,1H3. The van der Waals surface area contributed by atoms with E-state index >= 15 is 0 Å². The monoisotopic (exact) mass is 355 g/mol. The second-order valence-electron chi connectivity index (χ2n) is 6.60. The molecule has 1 fully saturated rings. The summed E-state index contributed by atoms with van der Waals surface area (Å²) in [5, 5.41) is 0. The number of carbonyl (C=O) groups excluding carboxylic acids is 2. The van der Waals surface area contributed by atoms with Crippen molar-refractivity contribution in [2.75, 3.05) is 33.0 Å². The van der Waals surface area contributed by atoms with Gasteiger partial charge < -0.3 is 23.8 Å². The largest absolute Gasteiger partial charge is 0.454 e. The molecule has 2 aromatic rings. The average Bonchev–Trinajstić information content (AvgIpc) is 3.29. The van der Waals surface area contributed by atoms with Crippen molar-refractivity contribution < 1.29 is 19.1 Å². The molecule has 0 radical (unpaired) electrons. The Kier molecular flexibility index (Phi) is 4.28.